The predicted molar refractivity (Wildman–Crippen MR) is 121 cm³/mol. The zero-order valence-electron chi connectivity index (χ0n) is 18.3. The number of rotatable bonds is 14. The van der Waals surface area contributed by atoms with Crippen molar-refractivity contribution in [3.8, 4) is 0 Å². The van der Waals surface area contributed by atoms with E-state index in [-0.39, 0.29) is 10.8 Å². The average molecular weight is 437 g/mol. The summed E-state index contributed by atoms with van der Waals surface area (Å²) in [4.78, 5) is 16.9. The molecule has 3 N–H and O–H groups in total. The number of imidazole rings is 1. The largest absolute Gasteiger partial charge is 0.356 e. The van der Waals surface area contributed by atoms with Gasteiger partial charge in [0.05, 0.1) is 15.9 Å². The Hall–Kier alpha value is -1.93. The van der Waals surface area contributed by atoms with Gasteiger partial charge in [0.15, 0.2) is 0 Å². The van der Waals surface area contributed by atoms with E-state index in [1.54, 1.807) is 6.07 Å². The van der Waals surface area contributed by atoms with Gasteiger partial charge in [-0.2, -0.15) is 0 Å². The number of aryl methyl sites for hydroxylation is 2. The Bertz CT molecular complexity index is 922. The first-order chi connectivity index (χ1) is 14.4. The molecule has 1 amide bonds. The summed E-state index contributed by atoms with van der Waals surface area (Å²) in [6.45, 7) is 5.77. The number of amides is 1. The van der Waals surface area contributed by atoms with Crippen LogP contribution in [0.25, 0.3) is 11.0 Å². The summed E-state index contributed by atoms with van der Waals surface area (Å²) >= 11 is 0. The van der Waals surface area contributed by atoms with Crippen molar-refractivity contribution in [3.05, 3.63) is 24.0 Å². The van der Waals surface area contributed by atoms with E-state index in [1.807, 2.05) is 0 Å². The Labute approximate surface area is 180 Å². The summed E-state index contributed by atoms with van der Waals surface area (Å²) in [5, 5.41) is 8.23. The fourth-order valence-electron chi connectivity index (χ4n) is 3.62. The Kier molecular flexibility index (Phi) is 9.78. The van der Waals surface area contributed by atoms with E-state index in [4.69, 9.17) is 5.14 Å². The first-order valence-corrected chi connectivity index (χ1v) is 12.7. The fraction of sp³-hybridized carbons (Fsp3) is 0.636. The minimum Gasteiger partial charge on any atom is -0.356 e. The summed E-state index contributed by atoms with van der Waals surface area (Å²) in [5.74, 6) is 0.825. The lowest BCUT2D eigenvalue weighted by atomic mass is 10.1. The van der Waals surface area contributed by atoms with E-state index in [9.17, 15) is 13.2 Å². The molecule has 1 aromatic heterocycles. The van der Waals surface area contributed by atoms with Crippen molar-refractivity contribution < 1.29 is 13.2 Å². The molecule has 0 saturated carbocycles. The molecular formula is C22H36N4O3S. The number of carbonyl (C=O) groups excluding carboxylic acids is 1. The molecule has 168 valence electrons. The van der Waals surface area contributed by atoms with E-state index in [0.29, 0.717) is 18.4 Å². The quantitative estimate of drug-likeness (QED) is 0.438. The molecule has 0 atom stereocenters. The lowest BCUT2D eigenvalue weighted by Crippen LogP contribution is -2.25. The summed E-state index contributed by atoms with van der Waals surface area (Å²) in [7, 11) is -3.77. The highest BCUT2D eigenvalue weighted by Crippen LogP contribution is 2.21. The molecule has 0 aliphatic rings. The van der Waals surface area contributed by atoms with Gasteiger partial charge < -0.3 is 9.88 Å². The first kappa shape index (κ1) is 24.3. The maximum atomic E-state index is 12.2. The van der Waals surface area contributed by atoms with Crippen LogP contribution in [0.1, 0.15) is 77.5 Å². The van der Waals surface area contributed by atoms with Gasteiger partial charge in [0.25, 0.3) is 0 Å². The Morgan fingerprint density at radius 2 is 1.77 bits per heavy atom. The molecule has 0 radical (unpaired) electrons. The minimum absolute atomic E-state index is 0.0290. The molecule has 0 aliphatic heterocycles. The van der Waals surface area contributed by atoms with Gasteiger partial charge in [-0.1, -0.05) is 52.4 Å². The lowest BCUT2D eigenvalue weighted by molar-refractivity contribution is -0.121. The molecule has 1 aromatic carbocycles. The molecule has 8 heteroatoms. The second-order valence-electron chi connectivity index (χ2n) is 7.85. The third kappa shape index (κ3) is 7.40. The Morgan fingerprint density at radius 3 is 2.43 bits per heavy atom. The molecule has 30 heavy (non-hydrogen) atoms. The number of nitrogens with one attached hydrogen (secondary N) is 1. The molecule has 0 aliphatic carbocycles. The van der Waals surface area contributed by atoms with Crippen molar-refractivity contribution in [1.82, 2.24) is 14.9 Å². The van der Waals surface area contributed by atoms with Gasteiger partial charge in [0.2, 0.25) is 15.9 Å². The van der Waals surface area contributed by atoms with Crippen LogP contribution in [0.4, 0.5) is 0 Å². The van der Waals surface area contributed by atoms with Gasteiger partial charge >= 0.3 is 0 Å². The molecule has 0 unspecified atom stereocenters. The third-order valence-corrected chi connectivity index (χ3v) is 6.16. The van der Waals surface area contributed by atoms with Gasteiger partial charge in [0.1, 0.15) is 5.82 Å². The highest BCUT2D eigenvalue weighted by atomic mass is 32.2. The van der Waals surface area contributed by atoms with Crippen LogP contribution in [0.5, 0.6) is 0 Å². The Balaban J connectivity index is 1.88. The van der Waals surface area contributed by atoms with Crippen LogP contribution >= 0.6 is 0 Å². The zero-order valence-corrected chi connectivity index (χ0v) is 19.1. The van der Waals surface area contributed by atoms with Crippen LogP contribution in [0.2, 0.25) is 0 Å². The third-order valence-electron chi connectivity index (χ3n) is 5.25. The predicted octanol–water partition coefficient (Wildman–Crippen LogP) is 3.89. The van der Waals surface area contributed by atoms with Gasteiger partial charge in [0, 0.05) is 25.9 Å². The van der Waals surface area contributed by atoms with Crippen LogP contribution in [-0.4, -0.2) is 30.4 Å². The normalized spacial score (nSPS) is 11.8. The number of aromatic nitrogens is 2. The monoisotopic (exact) mass is 436 g/mol. The van der Waals surface area contributed by atoms with E-state index in [0.717, 1.165) is 43.7 Å². The second-order valence-corrected chi connectivity index (χ2v) is 9.41. The number of unbranched alkanes of at least 4 members (excludes halogenated alkanes) is 6. The number of hydrogen-bond acceptors (Lipinski definition) is 4. The summed E-state index contributed by atoms with van der Waals surface area (Å²) < 4.78 is 25.3. The number of carbonyl (C=O) groups is 1. The first-order valence-electron chi connectivity index (χ1n) is 11.2. The van der Waals surface area contributed by atoms with Crippen LogP contribution in [-0.2, 0) is 27.8 Å². The van der Waals surface area contributed by atoms with E-state index in [2.05, 4.69) is 28.7 Å². The summed E-state index contributed by atoms with van der Waals surface area (Å²) in [6, 6.07) is 4.74. The fourth-order valence-corrected chi connectivity index (χ4v) is 4.16. The Morgan fingerprint density at radius 1 is 1.07 bits per heavy atom. The topological polar surface area (TPSA) is 107 Å². The van der Waals surface area contributed by atoms with E-state index >= 15 is 0 Å². The van der Waals surface area contributed by atoms with Gasteiger partial charge in [-0.15, -0.1) is 0 Å². The molecule has 2 rings (SSSR count). The van der Waals surface area contributed by atoms with Crippen molar-refractivity contribution in [2.75, 3.05) is 6.54 Å². The number of hydrogen-bond donors (Lipinski definition) is 2. The maximum absolute atomic E-state index is 12.2. The maximum Gasteiger partial charge on any atom is 0.238 e. The molecule has 2 aromatic rings. The van der Waals surface area contributed by atoms with Gasteiger partial charge in [-0.25, -0.2) is 18.5 Å². The molecule has 0 spiro atoms. The van der Waals surface area contributed by atoms with Crippen LogP contribution in [0, 0.1) is 0 Å². The smallest absolute Gasteiger partial charge is 0.238 e. The number of sulfonamides is 1. The molecule has 7 nitrogen and oxygen atoms in total. The van der Waals surface area contributed by atoms with Crippen molar-refractivity contribution in [2.45, 2.75) is 89.5 Å². The highest BCUT2D eigenvalue weighted by molar-refractivity contribution is 7.89. The number of nitrogens with zero attached hydrogens (tertiary/aromatic N) is 2. The van der Waals surface area contributed by atoms with Crippen molar-refractivity contribution in [3.63, 3.8) is 0 Å². The number of benzene rings is 1. The van der Waals surface area contributed by atoms with Crippen LogP contribution in [0.3, 0.4) is 0 Å². The minimum atomic E-state index is -3.77. The second kappa shape index (κ2) is 12.1. The van der Waals surface area contributed by atoms with Gasteiger partial charge in [-0.3, -0.25) is 4.79 Å². The highest BCUT2D eigenvalue weighted by Gasteiger charge is 2.15. The SMILES string of the molecule is CCCCCCCCCNC(=O)CCc1nc2cc(S(N)(=O)=O)ccc2n1CCC. The number of primary sulfonamides is 1. The molecule has 0 bridgehead atoms. The van der Waals surface area contributed by atoms with Crippen molar-refractivity contribution in [2.24, 2.45) is 5.14 Å². The van der Waals surface area contributed by atoms with Crippen LogP contribution in [0.15, 0.2) is 23.1 Å². The van der Waals surface area contributed by atoms with Crippen LogP contribution < -0.4 is 10.5 Å². The zero-order chi connectivity index (χ0) is 22.0. The van der Waals surface area contributed by atoms with E-state index in [1.165, 1.54) is 44.2 Å². The lowest BCUT2D eigenvalue weighted by Gasteiger charge is -2.08. The average Bonchev–Trinajstić information content (AvgIpc) is 3.05. The van der Waals surface area contributed by atoms with E-state index < -0.39 is 10.0 Å². The summed E-state index contributed by atoms with van der Waals surface area (Å²) in [6.07, 6.45) is 10.4. The van der Waals surface area contributed by atoms with Crippen molar-refractivity contribution >= 4 is 27.0 Å². The van der Waals surface area contributed by atoms with Crippen molar-refractivity contribution in [1.29, 1.82) is 0 Å². The molecular weight excluding hydrogens is 400 g/mol. The summed E-state index contributed by atoms with van der Waals surface area (Å²) in [5.41, 5.74) is 1.45. The number of fused-ring (bicyclic) bond motifs is 1. The molecule has 1 heterocycles. The van der Waals surface area contributed by atoms with Gasteiger partial charge in [-0.05, 0) is 31.0 Å². The molecule has 0 fully saturated rings. The standard InChI is InChI=1S/C22H36N4O3S/c1-3-5-6-7-8-9-10-15-24-22(27)14-13-21-25-19-17-18(30(23,28)29)11-12-20(19)26(21)16-4-2/h11-12,17H,3-10,13-16H2,1-2H3,(H,24,27)(H2,23,28,29). The number of nitrogens with two attached hydrogens (primary N) is 1. The molecule has 0 saturated heterocycles.